The molecule has 5 nitrogen and oxygen atoms in total. The molecule has 1 aliphatic rings. The molecule has 1 aromatic rings. The summed E-state index contributed by atoms with van der Waals surface area (Å²) < 4.78 is 10.9. The van der Waals surface area contributed by atoms with Crippen molar-refractivity contribution in [2.45, 2.75) is 25.5 Å². The molecule has 2 rings (SSSR count). The molecule has 1 aliphatic heterocycles. The monoisotopic (exact) mass is 342 g/mol. The van der Waals surface area contributed by atoms with Crippen molar-refractivity contribution < 1.29 is 14.3 Å². The van der Waals surface area contributed by atoms with Gasteiger partial charge >= 0.3 is 0 Å². The first-order valence-corrected chi connectivity index (χ1v) is 7.71. The Hall–Kier alpha value is -1.14. The van der Waals surface area contributed by atoms with Crippen LogP contribution in [0.2, 0.25) is 0 Å². The first-order chi connectivity index (χ1) is 10.5. The van der Waals surface area contributed by atoms with Gasteiger partial charge in [0.1, 0.15) is 6.10 Å². The van der Waals surface area contributed by atoms with E-state index in [0.717, 1.165) is 5.56 Å². The topological polar surface area (TPSA) is 50.8 Å². The fraction of sp³-hybridized carbons (Fsp3) is 0.588. The molecule has 1 aromatic carbocycles. The maximum absolute atomic E-state index is 12.5. The van der Waals surface area contributed by atoms with Crippen LogP contribution in [0.4, 0.5) is 0 Å². The molecule has 1 amide bonds. The molecule has 1 heterocycles. The number of carbonyl (C=O) groups excluding carboxylic acids is 1. The predicted molar refractivity (Wildman–Crippen MR) is 92.9 cm³/mol. The highest BCUT2D eigenvalue weighted by atomic mass is 35.5. The van der Waals surface area contributed by atoms with E-state index < -0.39 is 0 Å². The van der Waals surface area contributed by atoms with E-state index >= 15 is 0 Å². The summed E-state index contributed by atoms with van der Waals surface area (Å²) >= 11 is 0. The molecule has 6 heteroatoms. The number of amides is 1. The van der Waals surface area contributed by atoms with E-state index in [1.165, 1.54) is 0 Å². The lowest BCUT2D eigenvalue weighted by atomic mass is 9.98. The molecule has 0 saturated carbocycles. The zero-order valence-electron chi connectivity index (χ0n) is 14.1. The second-order valence-corrected chi connectivity index (χ2v) is 6.20. The quantitative estimate of drug-likeness (QED) is 0.804. The van der Waals surface area contributed by atoms with Crippen molar-refractivity contribution in [2.75, 3.05) is 40.0 Å². The van der Waals surface area contributed by atoms with Crippen LogP contribution in [0.15, 0.2) is 30.3 Å². The van der Waals surface area contributed by atoms with E-state index in [-0.39, 0.29) is 30.0 Å². The minimum absolute atomic E-state index is 0. The largest absolute Gasteiger partial charge is 0.383 e. The van der Waals surface area contributed by atoms with Gasteiger partial charge in [-0.2, -0.15) is 0 Å². The summed E-state index contributed by atoms with van der Waals surface area (Å²) in [5, 5.41) is 3.12. The molecule has 0 radical (unpaired) electrons. The number of methoxy groups -OCH3 is 1. The smallest absolute Gasteiger partial charge is 0.237 e. The van der Waals surface area contributed by atoms with Crippen LogP contribution >= 0.6 is 12.4 Å². The van der Waals surface area contributed by atoms with Crippen molar-refractivity contribution in [1.82, 2.24) is 10.2 Å². The molecule has 1 fully saturated rings. The predicted octanol–water partition coefficient (Wildman–Crippen LogP) is 2.02. The minimum atomic E-state index is -0.286. The number of morpholine rings is 1. The summed E-state index contributed by atoms with van der Waals surface area (Å²) in [5.41, 5.74) is 0.828. The normalized spacial score (nSPS) is 20.0. The van der Waals surface area contributed by atoms with E-state index in [4.69, 9.17) is 9.47 Å². The average Bonchev–Trinajstić information content (AvgIpc) is 2.52. The molecule has 0 aliphatic carbocycles. The van der Waals surface area contributed by atoms with Crippen molar-refractivity contribution in [3.05, 3.63) is 35.9 Å². The van der Waals surface area contributed by atoms with Crippen molar-refractivity contribution in [2.24, 2.45) is 0 Å². The third kappa shape index (κ3) is 5.46. The van der Waals surface area contributed by atoms with Crippen molar-refractivity contribution in [3.63, 3.8) is 0 Å². The summed E-state index contributed by atoms with van der Waals surface area (Å²) in [7, 11) is 1.65. The number of benzene rings is 1. The van der Waals surface area contributed by atoms with Gasteiger partial charge in [-0.1, -0.05) is 30.3 Å². The highest BCUT2D eigenvalue weighted by Gasteiger charge is 2.38. The molecule has 1 saturated heterocycles. The Labute approximate surface area is 144 Å². The lowest BCUT2D eigenvalue weighted by Gasteiger charge is -2.45. The van der Waals surface area contributed by atoms with Crippen LogP contribution in [-0.2, 0) is 14.3 Å². The lowest BCUT2D eigenvalue weighted by molar-refractivity contribution is -0.154. The van der Waals surface area contributed by atoms with Crippen LogP contribution in [0.3, 0.4) is 0 Å². The number of ether oxygens (including phenoxy) is 2. The van der Waals surface area contributed by atoms with Gasteiger partial charge in [-0.15, -0.1) is 12.4 Å². The number of hydrogen-bond donors (Lipinski definition) is 1. The maximum atomic E-state index is 12.5. The third-order valence-corrected chi connectivity index (χ3v) is 3.95. The van der Waals surface area contributed by atoms with Gasteiger partial charge in [0.15, 0.2) is 0 Å². The zero-order chi connectivity index (χ0) is 16.0. The van der Waals surface area contributed by atoms with Crippen LogP contribution in [-0.4, -0.2) is 56.3 Å². The second-order valence-electron chi connectivity index (χ2n) is 6.20. The highest BCUT2D eigenvalue weighted by Crippen LogP contribution is 2.30. The summed E-state index contributed by atoms with van der Waals surface area (Å²) in [6.45, 7) is 6.82. The molecular formula is C17H27ClN2O3. The van der Waals surface area contributed by atoms with E-state index in [2.05, 4.69) is 5.32 Å². The molecule has 0 bridgehead atoms. The summed E-state index contributed by atoms with van der Waals surface area (Å²) in [6.07, 6.45) is -0.0582. The van der Waals surface area contributed by atoms with Gasteiger partial charge in [0.25, 0.3) is 0 Å². The number of rotatable bonds is 6. The van der Waals surface area contributed by atoms with Gasteiger partial charge in [-0.3, -0.25) is 4.79 Å². The van der Waals surface area contributed by atoms with E-state index in [9.17, 15) is 4.79 Å². The maximum Gasteiger partial charge on any atom is 0.237 e. The number of carbonyl (C=O) groups is 1. The van der Waals surface area contributed by atoms with Gasteiger partial charge < -0.3 is 19.7 Å². The van der Waals surface area contributed by atoms with E-state index in [1.54, 1.807) is 7.11 Å². The summed E-state index contributed by atoms with van der Waals surface area (Å²) in [4.78, 5) is 14.4. The molecule has 0 aromatic heterocycles. The number of nitrogens with one attached hydrogen (secondary N) is 1. The van der Waals surface area contributed by atoms with Gasteiger partial charge in [-0.25, -0.2) is 0 Å². The Morgan fingerprint density at radius 1 is 1.39 bits per heavy atom. The molecular weight excluding hydrogens is 316 g/mol. The van der Waals surface area contributed by atoms with Crippen LogP contribution in [0, 0.1) is 0 Å². The van der Waals surface area contributed by atoms with Crippen LogP contribution in [0.1, 0.15) is 25.5 Å². The molecule has 1 unspecified atom stereocenters. The SMILES string of the molecule is COCCNCC(=O)N1CC(c2ccccc2)OCC1(C)C.Cl. The minimum Gasteiger partial charge on any atom is -0.383 e. The van der Waals surface area contributed by atoms with Crippen molar-refractivity contribution in [3.8, 4) is 0 Å². The van der Waals surface area contributed by atoms with E-state index in [0.29, 0.717) is 32.8 Å². The molecule has 0 spiro atoms. The number of halogens is 1. The Balaban J connectivity index is 0.00000264. The Kier molecular flexibility index (Phi) is 7.99. The van der Waals surface area contributed by atoms with Gasteiger partial charge in [0.2, 0.25) is 5.91 Å². The Morgan fingerprint density at radius 3 is 2.74 bits per heavy atom. The second kappa shape index (κ2) is 9.23. The molecule has 130 valence electrons. The highest BCUT2D eigenvalue weighted by molar-refractivity contribution is 5.85. The number of hydrogen-bond acceptors (Lipinski definition) is 4. The first kappa shape index (κ1) is 19.9. The van der Waals surface area contributed by atoms with Gasteiger partial charge in [0.05, 0.1) is 31.8 Å². The first-order valence-electron chi connectivity index (χ1n) is 7.71. The molecule has 23 heavy (non-hydrogen) atoms. The van der Waals surface area contributed by atoms with Crippen molar-refractivity contribution in [1.29, 1.82) is 0 Å². The fourth-order valence-corrected chi connectivity index (χ4v) is 2.62. The Bertz CT molecular complexity index is 482. The lowest BCUT2D eigenvalue weighted by Crippen LogP contribution is -2.58. The number of nitrogens with zero attached hydrogens (tertiary/aromatic N) is 1. The van der Waals surface area contributed by atoms with Crippen LogP contribution in [0.5, 0.6) is 0 Å². The van der Waals surface area contributed by atoms with E-state index in [1.807, 2.05) is 49.1 Å². The third-order valence-electron chi connectivity index (χ3n) is 3.95. The average molecular weight is 343 g/mol. The molecule has 1 N–H and O–H groups in total. The summed E-state index contributed by atoms with van der Waals surface area (Å²) in [5.74, 6) is 0.102. The standard InChI is InChI=1S/C17H26N2O3.ClH/c1-17(2)13-22-15(14-7-5-4-6-8-14)12-19(17)16(20)11-18-9-10-21-3;/h4-8,15,18H,9-13H2,1-3H3;1H. The van der Waals surface area contributed by atoms with Crippen molar-refractivity contribution >= 4 is 18.3 Å². The van der Waals surface area contributed by atoms with Gasteiger partial charge in [-0.05, 0) is 19.4 Å². The zero-order valence-corrected chi connectivity index (χ0v) is 14.9. The van der Waals surface area contributed by atoms with Crippen LogP contribution in [0.25, 0.3) is 0 Å². The summed E-state index contributed by atoms with van der Waals surface area (Å²) in [6, 6.07) is 10.1. The fourth-order valence-electron chi connectivity index (χ4n) is 2.62. The van der Waals surface area contributed by atoms with Crippen LogP contribution < -0.4 is 5.32 Å². The Morgan fingerprint density at radius 2 is 2.09 bits per heavy atom. The molecule has 1 atom stereocenters. The van der Waals surface area contributed by atoms with Gasteiger partial charge in [0, 0.05) is 13.7 Å².